The number of carbonyl (C=O) groups excluding carboxylic acids is 2. The van der Waals surface area contributed by atoms with Gasteiger partial charge in [-0.15, -0.1) is 0 Å². The van der Waals surface area contributed by atoms with Gasteiger partial charge in [-0.3, -0.25) is 9.59 Å². The van der Waals surface area contributed by atoms with E-state index in [0.29, 0.717) is 5.92 Å². The number of rotatable bonds is 3. The molecule has 1 unspecified atom stereocenters. The lowest BCUT2D eigenvalue weighted by molar-refractivity contribution is -0.137. The first-order valence-corrected chi connectivity index (χ1v) is 7.74. The second-order valence-electron chi connectivity index (χ2n) is 5.96. The molecule has 1 N–H and O–H groups in total. The summed E-state index contributed by atoms with van der Waals surface area (Å²) in [6, 6.07) is -0.280. The van der Waals surface area contributed by atoms with Crippen molar-refractivity contribution >= 4 is 11.8 Å². The number of likely N-dealkylation sites (tertiary alicyclic amines) is 1. The molecular formula is C15H26N2O2. The van der Waals surface area contributed by atoms with E-state index in [-0.39, 0.29) is 17.9 Å². The molecule has 4 nitrogen and oxygen atoms in total. The maximum absolute atomic E-state index is 12.7. The molecule has 0 aromatic heterocycles. The Morgan fingerprint density at radius 2 is 1.58 bits per heavy atom. The summed E-state index contributed by atoms with van der Waals surface area (Å²) >= 11 is 0. The van der Waals surface area contributed by atoms with Crippen LogP contribution >= 0.6 is 0 Å². The molecule has 1 aliphatic heterocycles. The highest BCUT2D eigenvalue weighted by Crippen LogP contribution is 2.29. The Hall–Kier alpha value is -1.06. The third-order valence-corrected chi connectivity index (χ3v) is 4.41. The van der Waals surface area contributed by atoms with Gasteiger partial charge in [0.1, 0.15) is 6.04 Å². The van der Waals surface area contributed by atoms with Gasteiger partial charge in [0.2, 0.25) is 11.8 Å². The summed E-state index contributed by atoms with van der Waals surface area (Å²) in [4.78, 5) is 26.0. The third-order valence-electron chi connectivity index (χ3n) is 4.41. The van der Waals surface area contributed by atoms with Crippen LogP contribution in [0.15, 0.2) is 0 Å². The Morgan fingerprint density at radius 3 is 2.11 bits per heavy atom. The molecule has 0 radical (unpaired) electrons. The minimum absolute atomic E-state index is 0.0833. The van der Waals surface area contributed by atoms with Crippen LogP contribution in [0.1, 0.15) is 58.3 Å². The van der Waals surface area contributed by atoms with Crippen molar-refractivity contribution in [1.29, 1.82) is 0 Å². The van der Waals surface area contributed by atoms with Gasteiger partial charge in [0.25, 0.3) is 0 Å². The summed E-state index contributed by atoms with van der Waals surface area (Å²) < 4.78 is 0. The Morgan fingerprint density at radius 1 is 1.00 bits per heavy atom. The molecule has 0 bridgehead atoms. The molecule has 1 atom stereocenters. The molecule has 1 heterocycles. The normalized spacial score (nSPS) is 22.9. The van der Waals surface area contributed by atoms with Crippen LogP contribution in [0, 0.1) is 5.92 Å². The zero-order valence-corrected chi connectivity index (χ0v) is 12.0. The quantitative estimate of drug-likeness (QED) is 0.850. The fourth-order valence-corrected chi connectivity index (χ4v) is 3.38. The van der Waals surface area contributed by atoms with Crippen molar-refractivity contribution < 1.29 is 9.59 Å². The summed E-state index contributed by atoms with van der Waals surface area (Å²) in [5, 5.41) is 2.91. The predicted octanol–water partition coefficient (Wildman–Crippen LogP) is 2.08. The molecule has 1 saturated heterocycles. The highest BCUT2D eigenvalue weighted by molar-refractivity contribution is 5.87. The van der Waals surface area contributed by atoms with Crippen molar-refractivity contribution in [3.05, 3.63) is 0 Å². The minimum Gasteiger partial charge on any atom is -0.344 e. The van der Waals surface area contributed by atoms with E-state index in [4.69, 9.17) is 0 Å². The zero-order chi connectivity index (χ0) is 13.7. The fourth-order valence-electron chi connectivity index (χ4n) is 3.38. The van der Waals surface area contributed by atoms with Crippen molar-refractivity contribution in [2.75, 3.05) is 13.1 Å². The lowest BCUT2D eigenvalue weighted by Crippen LogP contribution is -2.51. The fraction of sp³-hybridized carbons (Fsp3) is 0.867. The molecule has 108 valence electrons. The molecule has 0 spiro atoms. The van der Waals surface area contributed by atoms with E-state index in [0.717, 1.165) is 38.8 Å². The van der Waals surface area contributed by atoms with E-state index < -0.39 is 0 Å². The summed E-state index contributed by atoms with van der Waals surface area (Å²) in [5.41, 5.74) is 0. The summed E-state index contributed by atoms with van der Waals surface area (Å²) in [6.45, 7) is 3.24. The first-order chi connectivity index (χ1) is 9.18. The molecule has 0 aromatic carbocycles. The van der Waals surface area contributed by atoms with Gasteiger partial charge in [-0.1, -0.05) is 25.7 Å². The first-order valence-electron chi connectivity index (χ1n) is 7.74. The number of nitrogens with zero attached hydrogens (tertiary/aromatic N) is 1. The van der Waals surface area contributed by atoms with Crippen molar-refractivity contribution in [3.8, 4) is 0 Å². The standard InChI is InChI=1S/C15H26N2O2/c1-12(18)16-14(13-8-4-5-9-13)15(19)17-10-6-2-3-7-11-17/h13-14H,2-11H2,1H3,(H,16,18). The predicted molar refractivity (Wildman–Crippen MR) is 74.6 cm³/mol. The first kappa shape index (κ1) is 14.4. The SMILES string of the molecule is CC(=O)NC(C(=O)N1CCCCCC1)C1CCCC1. The van der Waals surface area contributed by atoms with E-state index in [1.54, 1.807) is 0 Å². The van der Waals surface area contributed by atoms with E-state index in [1.165, 1.54) is 32.6 Å². The smallest absolute Gasteiger partial charge is 0.245 e. The van der Waals surface area contributed by atoms with Gasteiger partial charge in [-0.05, 0) is 31.6 Å². The summed E-state index contributed by atoms with van der Waals surface area (Å²) in [7, 11) is 0. The lowest BCUT2D eigenvalue weighted by atomic mass is 9.96. The van der Waals surface area contributed by atoms with Crippen molar-refractivity contribution in [2.45, 2.75) is 64.3 Å². The van der Waals surface area contributed by atoms with Crippen LogP contribution in [-0.2, 0) is 9.59 Å². The van der Waals surface area contributed by atoms with Crippen LogP contribution < -0.4 is 5.32 Å². The molecule has 0 aromatic rings. The topological polar surface area (TPSA) is 49.4 Å². The average molecular weight is 266 g/mol. The van der Waals surface area contributed by atoms with E-state index in [2.05, 4.69) is 5.32 Å². The highest BCUT2D eigenvalue weighted by atomic mass is 16.2. The number of amides is 2. The van der Waals surface area contributed by atoms with Crippen molar-refractivity contribution in [2.24, 2.45) is 5.92 Å². The van der Waals surface area contributed by atoms with Gasteiger partial charge < -0.3 is 10.2 Å². The number of nitrogens with one attached hydrogen (secondary N) is 1. The Labute approximate surface area is 115 Å². The second kappa shape index (κ2) is 6.92. The molecule has 2 fully saturated rings. The van der Waals surface area contributed by atoms with Crippen LogP contribution in [-0.4, -0.2) is 35.8 Å². The third kappa shape index (κ3) is 3.95. The van der Waals surface area contributed by atoms with Crippen molar-refractivity contribution in [1.82, 2.24) is 10.2 Å². The number of hydrogen-bond donors (Lipinski definition) is 1. The van der Waals surface area contributed by atoms with Crippen LogP contribution in [0.4, 0.5) is 0 Å². The average Bonchev–Trinajstić information content (AvgIpc) is 2.77. The van der Waals surface area contributed by atoms with Gasteiger partial charge in [-0.25, -0.2) is 0 Å². The molecule has 19 heavy (non-hydrogen) atoms. The Balaban J connectivity index is 2.02. The molecular weight excluding hydrogens is 240 g/mol. The second-order valence-corrected chi connectivity index (χ2v) is 5.96. The van der Waals surface area contributed by atoms with E-state index >= 15 is 0 Å². The molecule has 2 rings (SSSR count). The Bertz CT molecular complexity index is 316. The summed E-state index contributed by atoms with van der Waals surface area (Å²) in [6.07, 6.45) is 9.17. The molecule has 1 aliphatic carbocycles. The highest BCUT2D eigenvalue weighted by Gasteiger charge is 2.34. The van der Waals surface area contributed by atoms with Gasteiger partial charge in [-0.2, -0.15) is 0 Å². The number of carbonyl (C=O) groups is 2. The van der Waals surface area contributed by atoms with E-state index in [1.807, 2.05) is 4.90 Å². The van der Waals surface area contributed by atoms with E-state index in [9.17, 15) is 9.59 Å². The van der Waals surface area contributed by atoms with Gasteiger partial charge in [0.05, 0.1) is 0 Å². The Kier molecular flexibility index (Phi) is 5.23. The van der Waals surface area contributed by atoms with Crippen LogP contribution in [0.3, 0.4) is 0 Å². The minimum atomic E-state index is -0.280. The largest absolute Gasteiger partial charge is 0.344 e. The van der Waals surface area contributed by atoms with Crippen LogP contribution in [0.2, 0.25) is 0 Å². The molecule has 4 heteroatoms. The molecule has 2 aliphatic rings. The molecule has 1 saturated carbocycles. The monoisotopic (exact) mass is 266 g/mol. The molecule has 2 amide bonds. The van der Waals surface area contributed by atoms with Gasteiger partial charge >= 0.3 is 0 Å². The number of hydrogen-bond acceptors (Lipinski definition) is 2. The zero-order valence-electron chi connectivity index (χ0n) is 12.0. The lowest BCUT2D eigenvalue weighted by Gasteiger charge is -2.29. The van der Waals surface area contributed by atoms with Crippen LogP contribution in [0.5, 0.6) is 0 Å². The maximum atomic E-state index is 12.7. The maximum Gasteiger partial charge on any atom is 0.245 e. The summed E-state index contributed by atoms with van der Waals surface area (Å²) in [5.74, 6) is 0.420. The van der Waals surface area contributed by atoms with Crippen molar-refractivity contribution in [3.63, 3.8) is 0 Å². The van der Waals surface area contributed by atoms with Crippen LogP contribution in [0.25, 0.3) is 0 Å². The van der Waals surface area contributed by atoms with Gasteiger partial charge in [0, 0.05) is 20.0 Å². The van der Waals surface area contributed by atoms with Gasteiger partial charge in [0.15, 0.2) is 0 Å².